The first kappa shape index (κ1) is 25.5. The van der Waals surface area contributed by atoms with Crippen molar-refractivity contribution in [3.8, 4) is 22.5 Å². The molecular formula is C25H20F4N6O2. The second-order valence-corrected chi connectivity index (χ2v) is 8.09. The van der Waals surface area contributed by atoms with E-state index in [-0.39, 0.29) is 41.8 Å². The zero-order valence-corrected chi connectivity index (χ0v) is 19.4. The van der Waals surface area contributed by atoms with E-state index in [1.165, 1.54) is 30.2 Å². The summed E-state index contributed by atoms with van der Waals surface area (Å²) in [5.41, 5.74) is 3.76. The lowest BCUT2D eigenvalue weighted by Gasteiger charge is -2.15. The molecule has 2 heterocycles. The lowest BCUT2D eigenvalue weighted by Crippen LogP contribution is -2.18. The van der Waals surface area contributed by atoms with Gasteiger partial charge in [0.05, 0.1) is 34.4 Å². The highest BCUT2D eigenvalue weighted by Crippen LogP contribution is 2.38. The Morgan fingerprint density at radius 3 is 2.46 bits per heavy atom. The van der Waals surface area contributed by atoms with Crippen molar-refractivity contribution in [2.75, 3.05) is 5.32 Å². The Kier molecular flexibility index (Phi) is 7.00. The predicted molar refractivity (Wildman–Crippen MR) is 127 cm³/mol. The highest BCUT2D eigenvalue weighted by Gasteiger charge is 2.36. The van der Waals surface area contributed by atoms with Crippen LogP contribution in [0.4, 0.5) is 23.2 Å². The van der Waals surface area contributed by atoms with E-state index in [1.807, 2.05) is 0 Å². The highest BCUT2D eigenvalue weighted by atomic mass is 19.4. The van der Waals surface area contributed by atoms with Gasteiger partial charge in [-0.05, 0) is 18.2 Å². The molecule has 3 N–H and O–H groups in total. The molecule has 190 valence electrons. The molecule has 2 amide bonds. The maximum absolute atomic E-state index is 14.8. The van der Waals surface area contributed by atoms with Crippen LogP contribution < -0.4 is 11.1 Å². The average molecular weight is 512 g/mol. The van der Waals surface area contributed by atoms with Crippen molar-refractivity contribution in [2.45, 2.75) is 19.0 Å². The molecule has 0 unspecified atom stereocenters. The Morgan fingerprint density at radius 2 is 1.84 bits per heavy atom. The fourth-order valence-corrected chi connectivity index (χ4v) is 3.62. The number of carbonyl (C=O) groups is 2. The molecule has 0 fully saturated rings. The number of alkyl halides is 3. The van der Waals surface area contributed by atoms with Crippen molar-refractivity contribution in [2.24, 2.45) is 12.8 Å². The number of hydrogen-bond donors (Lipinski definition) is 2. The molecule has 0 spiro atoms. The van der Waals surface area contributed by atoms with E-state index in [4.69, 9.17) is 5.73 Å². The SMILES string of the molecule is Cn1ccc(-c2cc(C(=O)Nc3cnc(CCC(N)=O)nc3-c3ccccc3)c(F)cc2C(F)(F)F)n1. The Balaban J connectivity index is 1.75. The van der Waals surface area contributed by atoms with E-state index in [2.05, 4.69) is 20.4 Å². The lowest BCUT2D eigenvalue weighted by molar-refractivity contribution is -0.137. The van der Waals surface area contributed by atoms with Gasteiger partial charge in [-0.15, -0.1) is 0 Å². The number of primary amides is 1. The van der Waals surface area contributed by atoms with E-state index in [0.29, 0.717) is 5.56 Å². The van der Waals surface area contributed by atoms with E-state index < -0.39 is 40.5 Å². The van der Waals surface area contributed by atoms with Gasteiger partial charge in [0, 0.05) is 37.2 Å². The zero-order valence-electron chi connectivity index (χ0n) is 19.4. The second-order valence-electron chi connectivity index (χ2n) is 8.09. The molecule has 2 aromatic heterocycles. The van der Waals surface area contributed by atoms with Crippen molar-refractivity contribution in [1.29, 1.82) is 0 Å². The van der Waals surface area contributed by atoms with Gasteiger partial charge in [-0.25, -0.2) is 14.4 Å². The number of carbonyl (C=O) groups excluding carboxylic acids is 2. The molecule has 0 atom stereocenters. The number of aryl methyl sites for hydroxylation is 2. The molecular weight excluding hydrogens is 492 g/mol. The van der Waals surface area contributed by atoms with Crippen LogP contribution in [0.1, 0.15) is 28.2 Å². The first-order valence-corrected chi connectivity index (χ1v) is 10.9. The lowest BCUT2D eigenvalue weighted by atomic mass is 9.99. The van der Waals surface area contributed by atoms with Crippen LogP contribution in [0.2, 0.25) is 0 Å². The molecule has 12 heteroatoms. The maximum atomic E-state index is 14.8. The Bertz CT molecular complexity index is 1470. The van der Waals surface area contributed by atoms with Gasteiger partial charge >= 0.3 is 6.18 Å². The van der Waals surface area contributed by atoms with Gasteiger partial charge in [0.15, 0.2) is 0 Å². The zero-order chi connectivity index (χ0) is 26.7. The fourth-order valence-electron chi connectivity index (χ4n) is 3.62. The van der Waals surface area contributed by atoms with Crippen LogP contribution in [0, 0.1) is 5.82 Å². The van der Waals surface area contributed by atoms with Gasteiger partial charge in [0.1, 0.15) is 11.6 Å². The second kappa shape index (κ2) is 10.2. The molecule has 4 aromatic rings. The molecule has 0 radical (unpaired) electrons. The predicted octanol–water partition coefficient (Wildman–Crippen LogP) is 4.37. The standard InChI is InChI=1S/C25H20F4N6O2/c1-35-10-9-19(34-35)15-11-16(18(26)12-17(15)25(27,28)29)24(37)32-20-13-31-22(8-7-21(30)36)33-23(20)14-5-3-2-4-6-14/h2-6,9-13H,7-8H2,1H3,(H2,30,36)(H,32,37). The number of rotatable bonds is 7. The van der Waals surface area contributed by atoms with E-state index in [0.717, 1.165) is 6.07 Å². The minimum Gasteiger partial charge on any atom is -0.370 e. The third-order valence-electron chi connectivity index (χ3n) is 5.38. The van der Waals surface area contributed by atoms with Crippen molar-refractivity contribution >= 4 is 17.5 Å². The summed E-state index contributed by atoms with van der Waals surface area (Å²) < 4.78 is 57.1. The van der Waals surface area contributed by atoms with Crippen molar-refractivity contribution in [1.82, 2.24) is 19.7 Å². The Morgan fingerprint density at radius 1 is 1.11 bits per heavy atom. The van der Waals surface area contributed by atoms with Crippen LogP contribution >= 0.6 is 0 Å². The summed E-state index contributed by atoms with van der Waals surface area (Å²) in [6.45, 7) is 0. The quantitative estimate of drug-likeness (QED) is 0.357. The largest absolute Gasteiger partial charge is 0.417 e. The van der Waals surface area contributed by atoms with Crippen LogP contribution in [0.5, 0.6) is 0 Å². The molecule has 2 aromatic carbocycles. The molecule has 0 saturated carbocycles. The molecule has 4 rings (SSSR count). The van der Waals surface area contributed by atoms with Gasteiger partial charge in [0.25, 0.3) is 5.91 Å². The van der Waals surface area contributed by atoms with Crippen LogP contribution in [-0.4, -0.2) is 31.6 Å². The summed E-state index contributed by atoms with van der Waals surface area (Å²) in [6.07, 6.45) is -2.00. The summed E-state index contributed by atoms with van der Waals surface area (Å²) in [4.78, 5) is 32.8. The number of nitrogens with zero attached hydrogens (tertiary/aromatic N) is 4. The van der Waals surface area contributed by atoms with E-state index >= 15 is 0 Å². The molecule has 0 bridgehead atoms. The topological polar surface area (TPSA) is 116 Å². The van der Waals surface area contributed by atoms with E-state index in [1.54, 1.807) is 30.3 Å². The summed E-state index contributed by atoms with van der Waals surface area (Å²) in [5.74, 6) is -2.61. The molecule has 37 heavy (non-hydrogen) atoms. The smallest absolute Gasteiger partial charge is 0.370 e. The summed E-state index contributed by atoms with van der Waals surface area (Å²) >= 11 is 0. The van der Waals surface area contributed by atoms with Gasteiger partial charge in [-0.2, -0.15) is 18.3 Å². The van der Waals surface area contributed by atoms with Crippen molar-refractivity contribution in [3.63, 3.8) is 0 Å². The molecule has 0 aliphatic carbocycles. The van der Waals surface area contributed by atoms with Crippen LogP contribution in [-0.2, 0) is 24.4 Å². The third kappa shape index (κ3) is 5.80. The van der Waals surface area contributed by atoms with Gasteiger partial charge in [-0.1, -0.05) is 30.3 Å². The summed E-state index contributed by atoms with van der Waals surface area (Å²) in [6, 6.07) is 11.1. The normalized spacial score (nSPS) is 11.4. The fraction of sp³-hybridized carbons (Fsp3) is 0.160. The number of aromatic nitrogens is 4. The number of amides is 2. The highest BCUT2D eigenvalue weighted by molar-refractivity contribution is 6.06. The average Bonchev–Trinajstić information content (AvgIpc) is 3.29. The summed E-state index contributed by atoms with van der Waals surface area (Å²) in [5, 5.41) is 6.47. The first-order valence-electron chi connectivity index (χ1n) is 10.9. The number of anilines is 1. The maximum Gasteiger partial charge on any atom is 0.417 e. The number of nitrogens with one attached hydrogen (secondary N) is 1. The number of nitrogens with two attached hydrogens (primary N) is 1. The van der Waals surface area contributed by atoms with Crippen LogP contribution in [0.3, 0.4) is 0 Å². The minimum atomic E-state index is -4.88. The van der Waals surface area contributed by atoms with E-state index in [9.17, 15) is 27.2 Å². The first-order chi connectivity index (χ1) is 17.5. The molecule has 0 aliphatic heterocycles. The van der Waals surface area contributed by atoms with Crippen LogP contribution in [0.25, 0.3) is 22.5 Å². The number of hydrogen-bond acceptors (Lipinski definition) is 5. The molecule has 8 nitrogen and oxygen atoms in total. The Hall–Kier alpha value is -4.61. The van der Waals surface area contributed by atoms with Crippen molar-refractivity contribution < 1.29 is 27.2 Å². The Labute approximate surface area is 208 Å². The van der Waals surface area contributed by atoms with Gasteiger partial charge in [-0.3, -0.25) is 14.3 Å². The number of benzene rings is 2. The third-order valence-corrected chi connectivity index (χ3v) is 5.38. The minimum absolute atomic E-state index is 0.00694. The van der Waals surface area contributed by atoms with Crippen molar-refractivity contribution in [3.05, 3.63) is 83.7 Å². The summed E-state index contributed by atoms with van der Waals surface area (Å²) in [7, 11) is 1.52. The van der Waals surface area contributed by atoms with Gasteiger partial charge in [0.2, 0.25) is 5.91 Å². The number of halogens is 4. The molecule has 0 aliphatic rings. The van der Waals surface area contributed by atoms with Gasteiger partial charge < -0.3 is 11.1 Å². The monoisotopic (exact) mass is 512 g/mol. The van der Waals surface area contributed by atoms with Crippen LogP contribution in [0.15, 0.2) is 60.9 Å². The molecule has 0 saturated heterocycles.